The van der Waals surface area contributed by atoms with Crippen molar-refractivity contribution in [3.63, 3.8) is 0 Å². The first-order valence-electron chi connectivity index (χ1n) is 7.83. The van der Waals surface area contributed by atoms with Gasteiger partial charge in [-0.15, -0.1) is 0 Å². The van der Waals surface area contributed by atoms with E-state index in [1.807, 2.05) is 25.1 Å². The van der Waals surface area contributed by atoms with Crippen molar-refractivity contribution >= 4 is 17.3 Å². The fourth-order valence-electron chi connectivity index (χ4n) is 2.55. The highest BCUT2D eigenvalue weighted by atomic mass is 16.2. The predicted octanol–water partition coefficient (Wildman–Crippen LogP) is 3.98. The number of Topliss-reactive ketones (excluding diaryl/α,β-unsaturated/α-hetero) is 3. The zero-order valence-corrected chi connectivity index (χ0v) is 13.2. The van der Waals surface area contributed by atoms with Crippen molar-refractivity contribution in [1.29, 1.82) is 0 Å². The quantitative estimate of drug-likeness (QED) is 0.547. The van der Waals surface area contributed by atoms with E-state index in [0.29, 0.717) is 17.5 Å². The van der Waals surface area contributed by atoms with Gasteiger partial charge in [0.15, 0.2) is 0 Å². The van der Waals surface area contributed by atoms with Crippen molar-refractivity contribution in [3.8, 4) is 0 Å². The molecule has 0 fully saturated rings. The highest BCUT2D eigenvalue weighted by Gasteiger charge is 2.29. The first-order valence-corrected chi connectivity index (χ1v) is 7.83. The molecule has 2 aromatic carbocycles. The monoisotopic (exact) mass is 308 g/mol. The van der Waals surface area contributed by atoms with E-state index in [-0.39, 0.29) is 12.2 Å². The number of carbonyl (C=O) groups excluding carboxylic acids is 3. The van der Waals surface area contributed by atoms with Gasteiger partial charge in [-0.25, -0.2) is 0 Å². The maximum atomic E-state index is 12.7. The van der Waals surface area contributed by atoms with Gasteiger partial charge in [0.2, 0.25) is 11.6 Å². The van der Waals surface area contributed by atoms with Crippen LogP contribution in [0.2, 0.25) is 0 Å². The second-order valence-electron chi connectivity index (χ2n) is 5.52. The lowest BCUT2D eigenvalue weighted by Gasteiger charge is -2.15. The Kier molecular flexibility index (Phi) is 5.98. The second kappa shape index (κ2) is 8.18. The number of carbonyl (C=O) groups is 3. The molecule has 2 rings (SSSR count). The number of hydrogen-bond acceptors (Lipinski definition) is 3. The van der Waals surface area contributed by atoms with Crippen LogP contribution in [0.5, 0.6) is 0 Å². The molecule has 0 aromatic heterocycles. The lowest BCUT2D eigenvalue weighted by atomic mass is 9.86. The first-order chi connectivity index (χ1) is 11.1. The number of hydrogen-bond donors (Lipinski definition) is 0. The number of ketones is 3. The maximum absolute atomic E-state index is 12.7. The Morgan fingerprint density at radius 1 is 0.870 bits per heavy atom. The molecule has 0 heterocycles. The molecule has 2 aromatic rings. The molecule has 0 saturated carbocycles. The fraction of sp³-hybridized carbons (Fsp3) is 0.250. The van der Waals surface area contributed by atoms with Crippen molar-refractivity contribution in [2.75, 3.05) is 0 Å². The van der Waals surface area contributed by atoms with Gasteiger partial charge in [0.25, 0.3) is 0 Å². The highest BCUT2D eigenvalue weighted by molar-refractivity contribution is 6.45. The normalized spacial score (nSPS) is 11.7. The molecule has 0 N–H and O–H groups in total. The molecule has 3 nitrogen and oxygen atoms in total. The van der Waals surface area contributed by atoms with Gasteiger partial charge < -0.3 is 0 Å². The molecule has 0 amide bonds. The van der Waals surface area contributed by atoms with Gasteiger partial charge >= 0.3 is 0 Å². The van der Waals surface area contributed by atoms with E-state index < -0.39 is 17.5 Å². The molecule has 23 heavy (non-hydrogen) atoms. The molecule has 0 aliphatic carbocycles. The Morgan fingerprint density at radius 2 is 1.43 bits per heavy atom. The molecule has 0 saturated heterocycles. The summed E-state index contributed by atoms with van der Waals surface area (Å²) >= 11 is 0. The van der Waals surface area contributed by atoms with Crippen molar-refractivity contribution in [3.05, 3.63) is 71.8 Å². The predicted molar refractivity (Wildman–Crippen MR) is 89.5 cm³/mol. The molecule has 1 unspecified atom stereocenters. The molecular weight excluding hydrogens is 288 g/mol. The van der Waals surface area contributed by atoms with Crippen LogP contribution >= 0.6 is 0 Å². The second-order valence-corrected chi connectivity index (χ2v) is 5.52. The summed E-state index contributed by atoms with van der Waals surface area (Å²) in [5, 5.41) is 0. The molecule has 0 spiro atoms. The third-order valence-corrected chi connectivity index (χ3v) is 3.74. The summed E-state index contributed by atoms with van der Waals surface area (Å²) in [6.45, 7) is 1.92. The Balaban J connectivity index is 2.27. The van der Waals surface area contributed by atoms with E-state index in [4.69, 9.17) is 0 Å². The molecule has 0 radical (unpaired) electrons. The van der Waals surface area contributed by atoms with E-state index in [1.165, 1.54) is 0 Å². The summed E-state index contributed by atoms with van der Waals surface area (Å²) in [7, 11) is 0. The summed E-state index contributed by atoms with van der Waals surface area (Å²) < 4.78 is 0. The Morgan fingerprint density at radius 3 is 2.00 bits per heavy atom. The number of rotatable bonds is 8. The minimum atomic E-state index is -0.706. The zero-order valence-electron chi connectivity index (χ0n) is 13.2. The third kappa shape index (κ3) is 4.46. The molecular formula is C20H20O3. The van der Waals surface area contributed by atoms with Crippen LogP contribution in [-0.4, -0.2) is 17.3 Å². The maximum Gasteiger partial charge on any atom is 0.229 e. The number of benzene rings is 2. The summed E-state index contributed by atoms with van der Waals surface area (Å²) in [6.07, 6.45) is 1.24. The molecule has 0 aliphatic rings. The van der Waals surface area contributed by atoms with E-state index in [0.717, 1.165) is 6.42 Å². The van der Waals surface area contributed by atoms with Crippen LogP contribution in [-0.2, 0) is 9.59 Å². The standard InChI is InChI=1S/C20H20O3/c1-2-9-17(21)14-18(15-10-5-3-6-11-15)20(23)19(22)16-12-7-4-8-13-16/h3-8,10-13,18H,2,9,14H2,1H3. The van der Waals surface area contributed by atoms with Gasteiger partial charge in [-0.1, -0.05) is 67.6 Å². The fourth-order valence-corrected chi connectivity index (χ4v) is 2.55. The third-order valence-electron chi connectivity index (χ3n) is 3.74. The van der Waals surface area contributed by atoms with Crippen molar-refractivity contribution in [2.24, 2.45) is 0 Å². The van der Waals surface area contributed by atoms with E-state index in [9.17, 15) is 14.4 Å². The average molecular weight is 308 g/mol. The highest BCUT2D eigenvalue weighted by Crippen LogP contribution is 2.24. The van der Waals surface area contributed by atoms with Crippen LogP contribution in [0.25, 0.3) is 0 Å². The van der Waals surface area contributed by atoms with Crippen LogP contribution in [0.15, 0.2) is 60.7 Å². The van der Waals surface area contributed by atoms with Gasteiger partial charge in [-0.2, -0.15) is 0 Å². The Hall–Kier alpha value is -2.55. The summed E-state index contributed by atoms with van der Waals surface area (Å²) in [5.41, 5.74) is 1.08. The van der Waals surface area contributed by atoms with Crippen LogP contribution in [0.1, 0.15) is 48.0 Å². The van der Waals surface area contributed by atoms with E-state index >= 15 is 0 Å². The molecule has 3 heteroatoms. The van der Waals surface area contributed by atoms with E-state index in [1.54, 1.807) is 42.5 Å². The Bertz CT molecular complexity index is 675. The SMILES string of the molecule is CCCC(=O)CC(C(=O)C(=O)c1ccccc1)c1ccccc1. The van der Waals surface area contributed by atoms with Crippen molar-refractivity contribution < 1.29 is 14.4 Å². The minimum Gasteiger partial charge on any atom is -0.300 e. The van der Waals surface area contributed by atoms with Gasteiger partial charge in [-0.05, 0) is 12.0 Å². The first kappa shape index (κ1) is 16.8. The summed E-state index contributed by atoms with van der Waals surface area (Å²) in [4.78, 5) is 37.1. The lowest BCUT2D eigenvalue weighted by Crippen LogP contribution is -2.24. The van der Waals surface area contributed by atoms with Gasteiger partial charge in [-0.3, -0.25) is 14.4 Å². The van der Waals surface area contributed by atoms with E-state index in [2.05, 4.69) is 0 Å². The molecule has 0 bridgehead atoms. The average Bonchev–Trinajstić information content (AvgIpc) is 2.60. The van der Waals surface area contributed by atoms with Gasteiger partial charge in [0.1, 0.15) is 5.78 Å². The largest absolute Gasteiger partial charge is 0.300 e. The zero-order chi connectivity index (χ0) is 16.7. The molecule has 118 valence electrons. The smallest absolute Gasteiger partial charge is 0.229 e. The molecule has 1 atom stereocenters. The summed E-state index contributed by atoms with van der Waals surface area (Å²) in [6, 6.07) is 17.5. The summed E-state index contributed by atoms with van der Waals surface area (Å²) in [5.74, 6) is -1.76. The topological polar surface area (TPSA) is 51.2 Å². The minimum absolute atomic E-state index is 0.00978. The van der Waals surface area contributed by atoms with Gasteiger partial charge in [0, 0.05) is 18.4 Å². The van der Waals surface area contributed by atoms with Crippen LogP contribution in [0.4, 0.5) is 0 Å². The van der Waals surface area contributed by atoms with Crippen molar-refractivity contribution in [1.82, 2.24) is 0 Å². The van der Waals surface area contributed by atoms with Crippen molar-refractivity contribution in [2.45, 2.75) is 32.1 Å². The van der Waals surface area contributed by atoms with Crippen LogP contribution < -0.4 is 0 Å². The van der Waals surface area contributed by atoms with Crippen LogP contribution in [0.3, 0.4) is 0 Å². The molecule has 0 aliphatic heterocycles. The van der Waals surface area contributed by atoms with Gasteiger partial charge in [0.05, 0.1) is 5.92 Å². The van der Waals surface area contributed by atoms with Crippen LogP contribution in [0, 0.1) is 0 Å². The Labute approximate surface area is 136 Å². The lowest BCUT2D eigenvalue weighted by molar-refractivity contribution is -0.123.